The number of methoxy groups -OCH3 is 1. The third-order valence-electron chi connectivity index (χ3n) is 5.74. The second-order valence-electron chi connectivity index (χ2n) is 8.14. The number of hydrogen-bond acceptors (Lipinski definition) is 4. The first-order valence-corrected chi connectivity index (χ1v) is 11.2. The van der Waals surface area contributed by atoms with Crippen molar-refractivity contribution in [2.45, 2.75) is 70.4 Å². The molecule has 5 nitrogen and oxygen atoms in total. The average molecular weight is 426 g/mol. The van der Waals surface area contributed by atoms with Gasteiger partial charge in [-0.3, -0.25) is 9.59 Å². The fraction of sp³-hybridized carbons (Fsp3) is 0.538. The van der Waals surface area contributed by atoms with Crippen LogP contribution in [0.4, 0.5) is 0 Å². The predicted molar refractivity (Wildman–Crippen MR) is 122 cm³/mol. The van der Waals surface area contributed by atoms with E-state index in [4.69, 9.17) is 0 Å². The summed E-state index contributed by atoms with van der Waals surface area (Å²) >= 11 is 0. The Hall–Kier alpha value is -2.58. The Labute approximate surface area is 186 Å². The summed E-state index contributed by atoms with van der Waals surface area (Å²) in [6, 6.07) is 10.4. The first-order chi connectivity index (χ1) is 15.0. The van der Waals surface area contributed by atoms with E-state index >= 15 is 0 Å². The molecule has 1 aliphatic heterocycles. The van der Waals surface area contributed by atoms with Gasteiger partial charge in [-0.15, -0.1) is 5.92 Å². The molecular weight excluding hydrogens is 390 g/mol. The first kappa shape index (κ1) is 24.7. The highest BCUT2D eigenvalue weighted by atomic mass is 16.5. The number of amides is 1. The van der Waals surface area contributed by atoms with Crippen LogP contribution in [-0.4, -0.2) is 47.7 Å². The molecule has 0 bridgehead atoms. The minimum absolute atomic E-state index is 0.0111. The Bertz CT molecular complexity index is 778. The number of nitrogens with zero attached hydrogens (tertiary/aromatic N) is 1. The molecule has 0 aliphatic carbocycles. The number of hydrogen-bond donors (Lipinski definition) is 1. The third kappa shape index (κ3) is 8.98. The lowest BCUT2D eigenvalue weighted by atomic mass is 9.95. The van der Waals surface area contributed by atoms with Crippen LogP contribution in [0, 0.1) is 17.8 Å². The second kappa shape index (κ2) is 13.7. The number of rotatable bonds is 11. The minimum atomic E-state index is -0.516. The van der Waals surface area contributed by atoms with Gasteiger partial charge in [-0.05, 0) is 43.6 Å². The van der Waals surface area contributed by atoms with Gasteiger partial charge in [-0.25, -0.2) is 0 Å². The lowest BCUT2D eigenvalue weighted by molar-refractivity contribution is -0.140. The van der Waals surface area contributed by atoms with Gasteiger partial charge >= 0.3 is 5.97 Å². The maximum atomic E-state index is 12.2. The van der Waals surface area contributed by atoms with Crippen LogP contribution < -0.4 is 0 Å². The molecule has 1 heterocycles. The van der Waals surface area contributed by atoms with Crippen molar-refractivity contribution in [3.05, 3.63) is 48.0 Å². The van der Waals surface area contributed by atoms with E-state index in [0.717, 1.165) is 25.7 Å². The van der Waals surface area contributed by atoms with E-state index in [9.17, 15) is 14.7 Å². The molecule has 168 valence electrons. The Balaban J connectivity index is 1.74. The molecule has 5 heteroatoms. The maximum absolute atomic E-state index is 12.2. The normalized spacial score (nSPS) is 18.0. The highest BCUT2D eigenvalue weighted by Crippen LogP contribution is 2.21. The number of unbranched alkanes of at least 4 members (excludes halogenated alkanes) is 1. The monoisotopic (exact) mass is 425 g/mol. The molecule has 0 radical (unpaired) electrons. The summed E-state index contributed by atoms with van der Waals surface area (Å²) in [7, 11) is 1.38. The standard InChI is InChI=1S/C26H35NO4/c1-21(11-10-14-22-12-6-5-7-13-22)24(28)18-16-23-17-19-25(29)27(23)20-9-4-3-8-15-26(30)31-2/h5-7,12-13,16,18,21,23-24,28H,3,8,10-11,14-15,17,19-20H2,1-2H3/t21-,23-,24+/m0/s1. The molecule has 0 aromatic heterocycles. The molecular formula is C26H35NO4. The fourth-order valence-electron chi connectivity index (χ4n) is 3.69. The fourth-order valence-corrected chi connectivity index (χ4v) is 3.69. The second-order valence-corrected chi connectivity index (χ2v) is 8.14. The van der Waals surface area contributed by atoms with Crippen LogP contribution in [0.1, 0.15) is 57.4 Å². The Kier molecular flexibility index (Phi) is 10.9. The van der Waals surface area contributed by atoms with Crippen molar-refractivity contribution in [3.63, 3.8) is 0 Å². The third-order valence-corrected chi connectivity index (χ3v) is 5.74. The Morgan fingerprint density at radius 2 is 2.06 bits per heavy atom. The van der Waals surface area contributed by atoms with Crippen LogP contribution >= 0.6 is 0 Å². The van der Waals surface area contributed by atoms with Crippen LogP contribution in [0.25, 0.3) is 0 Å². The van der Waals surface area contributed by atoms with E-state index in [0.29, 0.717) is 32.2 Å². The number of likely N-dealkylation sites (tertiary alicyclic amines) is 1. The SMILES string of the molecule is COC(=O)CCCC#CCN1C(=O)CC[C@@H]1C=C[C@@H](O)[C@@H](C)CCCc1ccccc1. The van der Waals surface area contributed by atoms with Crippen LogP contribution in [0.15, 0.2) is 42.5 Å². The number of aryl methyl sites for hydroxylation is 1. The van der Waals surface area contributed by atoms with E-state index in [1.165, 1.54) is 12.7 Å². The average Bonchev–Trinajstić information content (AvgIpc) is 3.14. The molecule has 1 amide bonds. The number of carbonyl (C=O) groups excluding carboxylic acids is 2. The van der Waals surface area contributed by atoms with E-state index in [-0.39, 0.29) is 23.8 Å². The molecule has 1 N–H and O–H groups in total. The number of aliphatic hydroxyl groups is 1. The zero-order chi connectivity index (χ0) is 22.5. The highest BCUT2D eigenvalue weighted by molar-refractivity contribution is 5.79. The molecule has 0 spiro atoms. The van der Waals surface area contributed by atoms with Crippen molar-refractivity contribution in [2.24, 2.45) is 5.92 Å². The summed E-state index contributed by atoms with van der Waals surface area (Å²) in [6.07, 6.45) is 9.19. The largest absolute Gasteiger partial charge is 0.469 e. The smallest absolute Gasteiger partial charge is 0.305 e. The summed E-state index contributed by atoms with van der Waals surface area (Å²) in [4.78, 5) is 25.0. The van der Waals surface area contributed by atoms with Crippen molar-refractivity contribution in [1.82, 2.24) is 4.90 Å². The van der Waals surface area contributed by atoms with Crippen molar-refractivity contribution < 1.29 is 19.4 Å². The molecule has 1 saturated heterocycles. The Morgan fingerprint density at radius 3 is 2.81 bits per heavy atom. The Morgan fingerprint density at radius 1 is 1.29 bits per heavy atom. The lowest BCUT2D eigenvalue weighted by Gasteiger charge is -2.21. The van der Waals surface area contributed by atoms with Crippen LogP contribution in [-0.2, 0) is 20.7 Å². The topological polar surface area (TPSA) is 66.8 Å². The first-order valence-electron chi connectivity index (χ1n) is 11.2. The van der Waals surface area contributed by atoms with Crippen LogP contribution in [0.2, 0.25) is 0 Å². The highest BCUT2D eigenvalue weighted by Gasteiger charge is 2.28. The molecule has 31 heavy (non-hydrogen) atoms. The number of aliphatic hydroxyl groups excluding tert-OH is 1. The summed E-state index contributed by atoms with van der Waals surface area (Å²) in [5.74, 6) is 6.11. The molecule has 1 aromatic rings. The van der Waals surface area contributed by atoms with Crippen molar-refractivity contribution >= 4 is 11.9 Å². The molecule has 1 fully saturated rings. The maximum Gasteiger partial charge on any atom is 0.305 e. The van der Waals surface area contributed by atoms with Gasteiger partial charge in [-0.1, -0.05) is 55.3 Å². The van der Waals surface area contributed by atoms with Gasteiger partial charge in [0.2, 0.25) is 5.91 Å². The molecule has 0 saturated carbocycles. The molecule has 3 atom stereocenters. The van der Waals surface area contributed by atoms with E-state index in [2.05, 4.69) is 47.8 Å². The van der Waals surface area contributed by atoms with E-state index < -0.39 is 6.10 Å². The molecule has 1 aromatic carbocycles. The predicted octanol–water partition coefficient (Wildman–Crippen LogP) is 3.90. The van der Waals surface area contributed by atoms with E-state index in [1.807, 2.05) is 18.2 Å². The summed E-state index contributed by atoms with van der Waals surface area (Å²) < 4.78 is 4.60. The quantitative estimate of drug-likeness (QED) is 0.253. The molecule has 2 rings (SSSR count). The van der Waals surface area contributed by atoms with Crippen LogP contribution in [0.3, 0.4) is 0 Å². The van der Waals surface area contributed by atoms with Gasteiger partial charge in [0.15, 0.2) is 0 Å². The number of carbonyl (C=O) groups is 2. The molecule has 0 unspecified atom stereocenters. The number of benzene rings is 1. The zero-order valence-electron chi connectivity index (χ0n) is 18.8. The number of ether oxygens (including phenoxy) is 1. The minimum Gasteiger partial charge on any atom is -0.469 e. The number of esters is 1. The van der Waals surface area contributed by atoms with Gasteiger partial charge < -0.3 is 14.7 Å². The van der Waals surface area contributed by atoms with Crippen LogP contribution in [0.5, 0.6) is 0 Å². The zero-order valence-corrected chi connectivity index (χ0v) is 18.8. The van der Waals surface area contributed by atoms with Crippen molar-refractivity contribution in [1.29, 1.82) is 0 Å². The lowest BCUT2D eigenvalue weighted by Crippen LogP contribution is -2.32. The van der Waals surface area contributed by atoms with Crippen molar-refractivity contribution in [3.8, 4) is 11.8 Å². The van der Waals surface area contributed by atoms with Gasteiger partial charge in [0.05, 0.1) is 25.8 Å². The molecule has 1 aliphatic rings. The van der Waals surface area contributed by atoms with Gasteiger partial charge in [0.25, 0.3) is 0 Å². The van der Waals surface area contributed by atoms with Gasteiger partial charge in [-0.2, -0.15) is 0 Å². The van der Waals surface area contributed by atoms with E-state index in [1.54, 1.807) is 4.90 Å². The summed E-state index contributed by atoms with van der Waals surface area (Å²) in [6.45, 7) is 2.45. The van der Waals surface area contributed by atoms with Crippen molar-refractivity contribution in [2.75, 3.05) is 13.7 Å². The van der Waals surface area contributed by atoms with Gasteiger partial charge in [0.1, 0.15) is 0 Å². The van der Waals surface area contributed by atoms with Gasteiger partial charge in [0, 0.05) is 19.3 Å². The summed E-state index contributed by atoms with van der Waals surface area (Å²) in [5.41, 5.74) is 1.33. The summed E-state index contributed by atoms with van der Waals surface area (Å²) in [5, 5.41) is 10.5.